The van der Waals surface area contributed by atoms with Crippen LogP contribution in [-0.4, -0.2) is 62.9 Å². The van der Waals surface area contributed by atoms with E-state index in [2.05, 4.69) is 47.9 Å². The standard InChI is InChI=1S/C24H32N2O3S.ClH/c1-18(2)30-24-8-6-5-7-20(24)26-15-13-25(14-16-26)12-11-21(27)19-9-10-22(28-3)23(17-19)29-4;/h5-10,17-18H,11-16H2,1-4H3;1H. The number of ketones is 1. The Labute approximate surface area is 196 Å². The molecule has 0 unspecified atom stereocenters. The summed E-state index contributed by atoms with van der Waals surface area (Å²) in [6, 6.07) is 14.0. The summed E-state index contributed by atoms with van der Waals surface area (Å²) in [6.45, 7) is 9.16. The van der Waals surface area contributed by atoms with Crippen LogP contribution in [0.5, 0.6) is 11.5 Å². The molecule has 31 heavy (non-hydrogen) atoms. The largest absolute Gasteiger partial charge is 0.493 e. The number of halogens is 1. The van der Waals surface area contributed by atoms with Crippen molar-refractivity contribution in [1.82, 2.24) is 4.90 Å². The van der Waals surface area contributed by atoms with Crippen LogP contribution in [-0.2, 0) is 0 Å². The van der Waals surface area contributed by atoms with Crippen LogP contribution in [0.3, 0.4) is 0 Å². The van der Waals surface area contributed by atoms with Crippen molar-refractivity contribution in [1.29, 1.82) is 0 Å². The van der Waals surface area contributed by atoms with Crippen molar-refractivity contribution < 1.29 is 14.3 Å². The van der Waals surface area contributed by atoms with Crippen LogP contribution < -0.4 is 14.4 Å². The minimum absolute atomic E-state index is 0. The smallest absolute Gasteiger partial charge is 0.164 e. The summed E-state index contributed by atoms with van der Waals surface area (Å²) in [5, 5.41) is 0.565. The predicted molar refractivity (Wildman–Crippen MR) is 132 cm³/mol. The first-order chi connectivity index (χ1) is 14.5. The second kappa shape index (κ2) is 12.2. The Hall–Kier alpha value is -1.89. The Kier molecular flexibility index (Phi) is 10.0. The first-order valence-corrected chi connectivity index (χ1v) is 11.4. The van der Waals surface area contributed by atoms with Crippen molar-refractivity contribution in [3.05, 3.63) is 48.0 Å². The van der Waals surface area contributed by atoms with E-state index in [0.29, 0.717) is 28.7 Å². The second-order valence-electron chi connectivity index (χ2n) is 7.71. The minimum atomic E-state index is 0. The van der Waals surface area contributed by atoms with Gasteiger partial charge in [-0.05, 0) is 30.3 Å². The van der Waals surface area contributed by atoms with Gasteiger partial charge in [-0.1, -0.05) is 26.0 Å². The molecule has 5 nitrogen and oxygen atoms in total. The molecule has 1 fully saturated rings. The molecule has 0 atom stereocenters. The first-order valence-electron chi connectivity index (χ1n) is 10.5. The van der Waals surface area contributed by atoms with E-state index >= 15 is 0 Å². The fraction of sp³-hybridized carbons (Fsp3) is 0.458. The van der Waals surface area contributed by atoms with E-state index in [9.17, 15) is 4.79 Å². The highest BCUT2D eigenvalue weighted by Gasteiger charge is 2.20. The fourth-order valence-corrected chi connectivity index (χ4v) is 4.68. The van der Waals surface area contributed by atoms with Gasteiger partial charge in [0.15, 0.2) is 17.3 Å². The zero-order chi connectivity index (χ0) is 21.5. The van der Waals surface area contributed by atoms with Gasteiger partial charge in [0.05, 0.1) is 19.9 Å². The molecule has 0 aliphatic carbocycles. The lowest BCUT2D eigenvalue weighted by molar-refractivity contribution is 0.0962. The fourth-order valence-electron chi connectivity index (χ4n) is 3.70. The van der Waals surface area contributed by atoms with Crippen molar-refractivity contribution in [3.8, 4) is 11.5 Å². The molecule has 0 aromatic heterocycles. The number of Topliss-reactive ketones (excluding diaryl/α,β-unsaturated/α-hetero) is 1. The van der Waals surface area contributed by atoms with Crippen LogP contribution in [0.25, 0.3) is 0 Å². The number of methoxy groups -OCH3 is 2. The van der Waals surface area contributed by atoms with Crippen molar-refractivity contribution in [2.75, 3.05) is 51.8 Å². The van der Waals surface area contributed by atoms with E-state index in [-0.39, 0.29) is 18.2 Å². The molecule has 0 radical (unpaired) electrons. The average Bonchev–Trinajstić information content (AvgIpc) is 2.77. The van der Waals surface area contributed by atoms with E-state index in [4.69, 9.17) is 9.47 Å². The molecule has 7 heteroatoms. The zero-order valence-electron chi connectivity index (χ0n) is 18.8. The number of carbonyl (C=O) groups excluding carboxylic acids is 1. The summed E-state index contributed by atoms with van der Waals surface area (Å²) in [7, 11) is 3.18. The SMILES string of the molecule is COc1ccc(C(=O)CCN2CCN(c3ccccc3SC(C)C)CC2)cc1OC.Cl. The van der Waals surface area contributed by atoms with Gasteiger partial charge in [0.1, 0.15) is 0 Å². The van der Waals surface area contributed by atoms with E-state index in [1.807, 2.05) is 17.8 Å². The number of ether oxygens (including phenoxy) is 2. The van der Waals surface area contributed by atoms with Gasteiger partial charge in [0.2, 0.25) is 0 Å². The lowest BCUT2D eigenvalue weighted by Crippen LogP contribution is -2.47. The summed E-state index contributed by atoms with van der Waals surface area (Å²) in [5.41, 5.74) is 2.00. The molecule has 0 N–H and O–H groups in total. The highest BCUT2D eigenvalue weighted by atomic mass is 35.5. The maximum Gasteiger partial charge on any atom is 0.164 e. The molecule has 2 aromatic rings. The molecule has 0 spiro atoms. The second-order valence-corrected chi connectivity index (χ2v) is 9.32. The monoisotopic (exact) mass is 464 g/mol. The van der Waals surface area contributed by atoms with Gasteiger partial charge in [-0.15, -0.1) is 24.2 Å². The Morgan fingerprint density at radius 3 is 2.32 bits per heavy atom. The van der Waals surface area contributed by atoms with E-state index in [0.717, 1.165) is 32.7 Å². The molecular weight excluding hydrogens is 432 g/mol. The third kappa shape index (κ3) is 6.79. The molecule has 2 aromatic carbocycles. The number of thioether (sulfide) groups is 1. The van der Waals surface area contributed by atoms with Gasteiger partial charge in [0.25, 0.3) is 0 Å². The summed E-state index contributed by atoms with van der Waals surface area (Å²) in [5.74, 6) is 1.37. The van der Waals surface area contributed by atoms with Gasteiger partial charge >= 0.3 is 0 Å². The van der Waals surface area contributed by atoms with Crippen LogP contribution in [0.15, 0.2) is 47.4 Å². The zero-order valence-corrected chi connectivity index (χ0v) is 20.4. The highest BCUT2D eigenvalue weighted by molar-refractivity contribution is 8.00. The number of anilines is 1. The van der Waals surface area contributed by atoms with Gasteiger partial charge < -0.3 is 14.4 Å². The van der Waals surface area contributed by atoms with Crippen LogP contribution in [0, 0.1) is 0 Å². The van der Waals surface area contributed by atoms with Crippen molar-refractivity contribution >= 4 is 35.6 Å². The third-order valence-electron chi connectivity index (χ3n) is 5.30. The number of carbonyl (C=O) groups is 1. The number of piperazine rings is 1. The van der Waals surface area contributed by atoms with Gasteiger partial charge in [0, 0.05) is 54.9 Å². The van der Waals surface area contributed by atoms with E-state index in [1.54, 1.807) is 26.4 Å². The number of benzene rings is 2. The molecule has 0 amide bonds. The third-order valence-corrected chi connectivity index (χ3v) is 6.37. The summed E-state index contributed by atoms with van der Waals surface area (Å²) < 4.78 is 10.6. The first kappa shape index (κ1) is 25.4. The summed E-state index contributed by atoms with van der Waals surface area (Å²) >= 11 is 1.92. The molecular formula is C24H33ClN2O3S. The molecule has 1 aliphatic heterocycles. The Morgan fingerprint density at radius 2 is 1.68 bits per heavy atom. The highest BCUT2D eigenvalue weighted by Crippen LogP contribution is 2.33. The Morgan fingerprint density at radius 1 is 1.00 bits per heavy atom. The molecule has 0 bridgehead atoms. The lowest BCUT2D eigenvalue weighted by Gasteiger charge is -2.37. The number of rotatable bonds is 9. The van der Waals surface area contributed by atoms with Gasteiger partial charge in [-0.2, -0.15) is 0 Å². The van der Waals surface area contributed by atoms with Crippen molar-refractivity contribution in [3.63, 3.8) is 0 Å². The minimum Gasteiger partial charge on any atom is -0.493 e. The quantitative estimate of drug-likeness (QED) is 0.383. The van der Waals surface area contributed by atoms with E-state index < -0.39 is 0 Å². The van der Waals surface area contributed by atoms with Gasteiger partial charge in [-0.3, -0.25) is 9.69 Å². The Balaban J connectivity index is 0.00000341. The molecule has 1 saturated heterocycles. The number of nitrogens with zero attached hydrogens (tertiary/aromatic N) is 2. The lowest BCUT2D eigenvalue weighted by atomic mass is 10.1. The van der Waals surface area contributed by atoms with Crippen molar-refractivity contribution in [2.24, 2.45) is 0 Å². The summed E-state index contributed by atoms with van der Waals surface area (Å²) in [6.07, 6.45) is 0.509. The van der Waals surface area contributed by atoms with Crippen LogP contribution >= 0.6 is 24.2 Å². The molecule has 1 aliphatic rings. The number of para-hydroxylation sites is 1. The molecule has 3 rings (SSSR count). The average molecular weight is 465 g/mol. The normalized spacial score (nSPS) is 14.3. The van der Waals surface area contributed by atoms with Crippen molar-refractivity contribution in [2.45, 2.75) is 30.4 Å². The van der Waals surface area contributed by atoms with E-state index in [1.165, 1.54) is 10.6 Å². The van der Waals surface area contributed by atoms with Crippen LogP contribution in [0.1, 0.15) is 30.6 Å². The number of hydrogen-bond acceptors (Lipinski definition) is 6. The maximum absolute atomic E-state index is 12.7. The molecule has 1 heterocycles. The van der Waals surface area contributed by atoms with Crippen LogP contribution in [0.2, 0.25) is 0 Å². The topological polar surface area (TPSA) is 42.0 Å². The maximum atomic E-state index is 12.7. The summed E-state index contributed by atoms with van der Waals surface area (Å²) in [4.78, 5) is 18.9. The predicted octanol–water partition coefficient (Wildman–Crippen LogP) is 5.02. The molecule has 0 saturated carbocycles. The Bertz CT molecular complexity index is 854. The van der Waals surface area contributed by atoms with Crippen LogP contribution in [0.4, 0.5) is 5.69 Å². The van der Waals surface area contributed by atoms with Gasteiger partial charge in [-0.25, -0.2) is 0 Å². The number of hydrogen-bond donors (Lipinski definition) is 0. The molecule has 170 valence electrons.